The predicted molar refractivity (Wildman–Crippen MR) is 75.6 cm³/mol. The Balaban J connectivity index is 2.14. The average Bonchev–Trinajstić information content (AvgIpc) is 3.05. The van der Waals surface area contributed by atoms with Gasteiger partial charge in [-0.1, -0.05) is 12.1 Å². The zero-order chi connectivity index (χ0) is 12.8. The number of ketones is 1. The molecule has 0 amide bonds. The van der Waals surface area contributed by atoms with Crippen LogP contribution in [0.1, 0.15) is 39.7 Å². The maximum atomic E-state index is 12.4. The van der Waals surface area contributed by atoms with E-state index in [1.807, 2.05) is 35.0 Å². The van der Waals surface area contributed by atoms with E-state index in [1.165, 1.54) is 11.3 Å². The van der Waals surface area contributed by atoms with Crippen molar-refractivity contribution in [1.29, 1.82) is 0 Å². The molecule has 0 saturated heterocycles. The summed E-state index contributed by atoms with van der Waals surface area (Å²) in [6, 6.07) is 7.73. The SMILES string of the molecule is O=CCCCC(C(=O)c1cccs1)c1cccs1. The Hall–Kier alpha value is -1.26. The second-order valence-electron chi connectivity index (χ2n) is 4.01. The lowest BCUT2D eigenvalue weighted by atomic mass is 9.95. The Morgan fingerprint density at radius 3 is 2.61 bits per heavy atom. The molecule has 0 radical (unpaired) electrons. The fourth-order valence-electron chi connectivity index (χ4n) is 1.89. The largest absolute Gasteiger partial charge is 0.303 e. The fraction of sp³-hybridized carbons (Fsp3) is 0.286. The highest BCUT2D eigenvalue weighted by Gasteiger charge is 2.23. The van der Waals surface area contributed by atoms with E-state index in [0.717, 1.165) is 28.9 Å². The summed E-state index contributed by atoms with van der Waals surface area (Å²) in [5.74, 6) is 0.0851. The number of unbranched alkanes of at least 4 members (excludes halogenated alkanes) is 1. The summed E-state index contributed by atoms with van der Waals surface area (Å²) in [4.78, 5) is 24.7. The summed E-state index contributed by atoms with van der Waals surface area (Å²) in [7, 11) is 0. The number of carbonyl (C=O) groups is 2. The van der Waals surface area contributed by atoms with Gasteiger partial charge < -0.3 is 4.79 Å². The number of hydrogen-bond acceptors (Lipinski definition) is 4. The highest BCUT2D eigenvalue weighted by Crippen LogP contribution is 2.30. The summed E-state index contributed by atoms with van der Waals surface area (Å²) in [6.07, 6.45) is 2.96. The summed E-state index contributed by atoms with van der Waals surface area (Å²) < 4.78 is 0. The molecule has 0 aliphatic rings. The summed E-state index contributed by atoms with van der Waals surface area (Å²) in [5.41, 5.74) is 0. The van der Waals surface area contributed by atoms with E-state index >= 15 is 0 Å². The van der Waals surface area contributed by atoms with Gasteiger partial charge in [-0.25, -0.2) is 0 Å². The van der Waals surface area contributed by atoms with Gasteiger partial charge in [0.05, 0.1) is 10.8 Å². The first-order chi connectivity index (χ1) is 8.83. The van der Waals surface area contributed by atoms with E-state index in [1.54, 1.807) is 11.3 Å². The third kappa shape index (κ3) is 3.15. The van der Waals surface area contributed by atoms with Gasteiger partial charge in [0.25, 0.3) is 0 Å². The van der Waals surface area contributed by atoms with Crippen molar-refractivity contribution in [2.45, 2.75) is 25.2 Å². The van der Waals surface area contributed by atoms with Crippen LogP contribution in [0.15, 0.2) is 35.0 Å². The van der Waals surface area contributed by atoms with E-state index in [0.29, 0.717) is 6.42 Å². The molecule has 2 aromatic heterocycles. The number of thiophene rings is 2. The van der Waals surface area contributed by atoms with Crippen LogP contribution in [0.4, 0.5) is 0 Å². The molecule has 0 aliphatic carbocycles. The molecule has 1 atom stereocenters. The maximum absolute atomic E-state index is 12.4. The highest BCUT2D eigenvalue weighted by atomic mass is 32.1. The molecule has 0 N–H and O–H groups in total. The summed E-state index contributed by atoms with van der Waals surface area (Å²) in [6.45, 7) is 0. The lowest BCUT2D eigenvalue weighted by Gasteiger charge is -2.12. The minimum Gasteiger partial charge on any atom is -0.303 e. The molecule has 0 aromatic carbocycles. The first kappa shape index (κ1) is 13.2. The van der Waals surface area contributed by atoms with Gasteiger partial charge in [-0.05, 0) is 35.7 Å². The second-order valence-corrected chi connectivity index (χ2v) is 5.93. The molecule has 0 aliphatic heterocycles. The summed E-state index contributed by atoms with van der Waals surface area (Å²) in [5, 5.41) is 3.91. The Morgan fingerprint density at radius 2 is 2.00 bits per heavy atom. The molecule has 0 fully saturated rings. The molecule has 2 rings (SSSR count). The lowest BCUT2D eigenvalue weighted by molar-refractivity contribution is -0.107. The van der Waals surface area contributed by atoms with Crippen molar-refractivity contribution in [2.24, 2.45) is 0 Å². The molecule has 0 bridgehead atoms. The zero-order valence-electron chi connectivity index (χ0n) is 9.87. The molecule has 18 heavy (non-hydrogen) atoms. The Morgan fingerprint density at radius 1 is 1.22 bits per heavy atom. The molecule has 2 heterocycles. The van der Waals surface area contributed by atoms with E-state index in [2.05, 4.69) is 0 Å². The van der Waals surface area contributed by atoms with Gasteiger partial charge >= 0.3 is 0 Å². The molecule has 2 nitrogen and oxygen atoms in total. The third-order valence-corrected chi connectivity index (χ3v) is 4.65. The molecule has 94 valence electrons. The summed E-state index contributed by atoms with van der Waals surface area (Å²) >= 11 is 3.09. The third-order valence-electron chi connectivity index (χ3n) is 2.78. The number of hydrogen-bond donors (Lipinski definition) is 0. The highest BCUT2D eigenvalue weighted by molar-refractivity contribution is 7.12. The lowest BCUT2D eigenvalue weighted by Crippen LogP contribution is -2.10. The van der Waals surface area contributed by atoms with Crippen molar-refractivity contribution in [3.63, 3.8) is 0 Å². The van der Waals surface area contributed by atoms with Gasteiger partial charge in [0, 0.05) is 11.3 Å². The number of carbonyl (C=O) groups excluding carboxylic acids is 2. The number of aldehydes is 1. The van der Waals surface area contributed by atoms with Gasteiger partial charge in [0.15, 0.2) is 5.78 Å². The van der Waals surface area contributed by atoms with E-state index in [-0.39, 0.29) is 11.7 Å². The molecule has 0 spiro atoms. The topological polar surface area (TPSA) is 34.1 Å². The van der Waals surface area contributed by atoms with Crippen LogP contribution in [0.25, 0.3) is 0 Å². The Labute approximate surface area is 114 Å². The molecular formula is C14H14O2S2. The van der Waals surface area contributed by atoms with Crippen LogP contribution < -0.4 is 0 Å². The minimum absolute atomic E-state index is 0.0939. The van der Waals surface area contributed by atoms with Crippen LogP contribution in [0.2, 0.25) is 0 Å². The van der Waals surface area contributed by atoms with E-state index in [9.17, 15) is 9.59 Å². The molecule has 0 saturated carbocycles. The van der Waals surface area contributed by atoms with Crippen molar-refractivity contribution in [3.05, 3.63) is 44.8 Å². The van der Waals surface area contributed by atoms with E-state index < -0.39 is 0 Å². The number of rotatable bonds is 7. The molecule has 1 unspecified atom stereocenters. The fourth-order valence-corrected chi connectivity index (χ4v) is 3.47. The molecule has 2 aromatic rings. The Kier molecular flexibility index (Phi) is 4.84. The van der Waals surface area contributed by atoms with Gasteiger partial charge in [-0.3, -0.25) is 4.79 Å². The average molecular weight is 278 g/mol. The van der Waals surface area contributed by atoms with E-state index in [4.69, 9.17) is 0 Å². The predicted octanol–water partition coefficient (Wildman–Crippen LogP) is 4.15. The standard InChI is InChI=1S/C14H14O2S2/c15-8-2-1-5-11(12-6-3-9-17-12)14(16)13-7-4-10-18-13/h3-4,6-11H,1-2,5H2. The maximum Gasteiger partial charge on any atom is 0.181 e. The van der Waals surface area contributed by atoms with Crippen LogP contribution in [-0.4, -0.2) is 12.1 Å². The minimum atomic E-state index is -0.0939. The van der Waals surface area contributed by atoms with Crippen molar-refractivity contribution >= 4 is 34.7 Å². The van der Waals surface area contributed by atoms with Crippen molar-refractivity contribution in [3.8, 4) is 0 Å². The van der Waals surface area contributed by atoms with Gasteiger partial charge in [-0.15, -0.1) is 22.7 Å². The number of Topliss-reactive ketones (excluding diaryl/α,β-unsaturated/α-hetero) is 1. The Bertz CT molecular complexity index is 486. The van der Waals surface area contributed by atoms with Crippen molar-refractivity contribution < 1.29 is 9.59 Å². The van der Waals surface area contributed by atoms with Gasteiger partial charge in [-0.2, -0.15) is 0 Å². The smallest absolute Gasteiger partial charge is 0.181 e. The van der Waals surface area contributed by atoms with Crippen LogP contribution in [0, 0.1) is 0 Å². The molecule has 4 heteroatoms. The van der Waals surface area contributed by atoms with Gasteiger partial charge in [0.2, 0.25) is 0 Å². The monoisotopic (exact) mass is 278 g/mol. The van der Waals surface area contributed by atoms with Crippen molar-refractivity contribution in [1.82, 2.24) is 0 Å². The zero-order valence-corrected chi connectivity index (χ0v) is 11.5. The molecular weight excluding hydrogens is 264 g/mol. The van der Waals surface area contributed by atoms with Crippen LogP contribution in [0.3, 0.4) is 0 Å². The van der Waals surface area contributed by atoms with Crippen LogP contribution >= 0.6 is 22.7 Å². The first-order valence-electron chi connectivity index (χ1n) is 5.87. The quantitative estimate of drug-likeness (QED) is 0.433. The van der Waals surface area contributed by atoms with Crippen molar-refractivity contribution in [2.75, 3.05) is 0 Å². The van der Waals surface area contributed by atoms with Gasteiger partial charge in [0.1, 0.15) is 6.29 Å². The van der Waals surface area contributed by atoms with Crippen LogP contribution in [0.5, 0.6) is 0 Å². The van der Waals surface area contributed by atoms with Crippen LogP contribution in [-0.2, 0) is 4.79 Å². The normalized spacial score (nSPS) is 12.2. The first-order valence-corrected chi connectivity index (χ1v) is 7.63. The second kappa shape index (κ2) is 6.61.